The quantitative estimate of drug-likeness (QED) is 0.261. The van der Waals surface area contributed by atoms with Gasteiger partial charge in [0.15, 0.2) is 0 Å². The number of carbonyl (C=O) groups is 1. The Hall–Kier alpha value is -4.19. The van der Waals surface area contributed by atoms with Gasteiger partial charge >= 0.3 is 6.18 Å². The van der Waals surface area contributed by atoms with E-state index in [0.717, 1.165) is 19.2 Å². The van der Waals surface area contributed by atoms with E-state index < -0.39 is 17.6 Å². The Kier molecular flexibility index (Phi) is 7.81. The lowest BCUT2D eigenvalue weighted by Gasteiger charge is -2.17. The number of aryl methyl sites for hydroxylation is 1. The number of anilines is 3. The van der Waals surface area contributed by atoms with Crippen LogP contribution in [0, 0.1) is 5.82 Å². The van der Waals surface area contributed by atoms with Crippen molar-refractivity contribution in [3.05, 3.63) is 66.1 Å². The second-order valence-corrected chi connectivity index (χ2v) is 8.45. The van der Waals surface area contributed by atoms with Gasteiger partial charge < -0.3 is 19.9 Å². The third-order valence-corrected chi connectivity index (χ3v) is 5.89. The van der Waals surface area contributed by atoms with Crippen molar-refractivity contribution in [2.24, 2.45) is 7.05 Å². The molecule has 0 bridgehead atoms. The van der Waals surface area contributed by atoms with Gasteiger partial charge in [0, 0.05) is 25.4 Å². The molecule has 0 saturated carbocycles. The Labute approximate surface area is 216 Å². The number of nitrogens with zero attached hydrogens (tertiary/aromatic N) is 4. The zero-order chi connectivity index (χ0) is 27.4. The second-order valence-electron chi connectivity index (χ2n) is 8.45. The van der Waals surface area contributed by atoms with Crippen LogP contribution in [0.1, 0.15) is 19.4 Å². The first-order chi connectivity index (χ1) is 18.1. The van der Waals surface area contributed by atoms with E-state index in [-0.39, 0.29) is 24.1 Å². The Morgan fingerprint density at radius 3 is 2.50 bits per heavy atom. The molecule has 0 unspecified atom stereocenters. The Bertz CT molecular complexity index is 1450. The predicted octanol–water partition coefficient (Wildman–Crippen LogP) is 5.94. The van der Waals surface area contributed by atoms with Crippen LogP contribution >= 0.6 is 0 Å². The molecular weight excluding hydrogens is 504 g/mol. The number of alkyl halides is 3. The summed E-state index contributed by atoms with van der Waals surface area (Å²) in [4.78, 5) is 22.8. The standard InChI is InChI=1S/C26H26F4N6O2/c1-4-36(5-2)15-24(37)34-23-14-18(10-11-31-23)38-17-7-9-22-21(13-17)33-25(35(22)3)32-20-12-16(26(28,29)30)6-8-19(20)27/h6-14H,4-5,15H2,1-3H3,(H,32,33)(H,31,34,37). The van der Waals surface area contributed by atoms with E-state index in [1.54, 1.807) is 41.9 Å². The number of halogens is 4. The first kappa shape index (κ1) is 26.9. The molecule has 12 heteroatoms. The number of benzene rings is 2. The number of amides is 1. The number of likely N-dealkylation sites (N-methyl/N-ethyl adjacent to an activating group) is 1. The molecule has 0 fully saturated rings. The van der Waals surface area contributed by atoms with Crippen LogP contribution in [0.15, 0.2) is 54.7 Å². The van der Waals surface area contributed by atoms with Crippen molar-refractivity contribution in [2.75, 3.05) is 30.3 Å². The van der Waals surface area contributed by atoms with Crippen LogP contribution < -0.4 is 15.4 Å². The lowest BCUT2D eigenvalue weighted by Crippen LogP contribution is -2.33. The zero-order valence-electron chi connectivity index (χ0n) is 20.9. The molecule has 38 heavy (non-hydrogen) atoms. The topological polar surface area (TPSA) is 84.3 Å². The monoisotopic (exact) mass is 530 g/mol. The van der Waals surface area contributed by atoms with Gasteiger partial charge in [-0.2, -0.15) is 13.2 Å². The number of hydrogen-bond donors (Lipinski definition) is 2. The first-order valence-corrected chi connectivity index (χ1v) is 11.8. The number of rotatable bonds is 9. The summed E-state index contributed by atoms with van der Waals surface area (Å²) in [5.41, 5.74) is -0.202. The molecule has 0 aliphatic rings. The summed E-state index contributed by atoms with van der Waals surface area (Å²) in [6.07, 6.45) is -3.10. The zero-order valence-corrected chi connectivity index (χ0v) is 20.9. The highest BCUT2D eigenvalue weighted by atomic mass is 19.4. The van der Waals surface area contributed by atoms with Gasteiger partial charge in [-0.25, -0.2) is 14.4 Å². The van der Waals surface area contributed by atoms with Gasteiger partial charge in [-0.05, 0) is 49.5 Å². The molecule has 0 radical (unpaired) electrons. The second kappa shape index (κ2) is 11.1. The highest BCUT2D eigenvalue weighted by Crippen LogP contribution is 2.33. The maximum Gasteiger partial charge on any atom is 0.416 e. The van der Waals surface area contributed by atoms with Crippen molar-refractivity contribution in [1.82, 2.24) is 19.4 Å². The molecule has 4 aromatic rings. The van der Waals surface area contributed by atoms with Crippen LogP contribution in [0.2, 0.25) is 0 Å². The molecule has 2 aromatic heterocycles. The number of imidazole rings is 1. The normalized spacial score (nSPS) is 11.7. The van der Waals surface area contributed by atoms with Crippen molar-refractivity contribution < 1.29 is 27.1 Å². The number of hydrogen-bond acceptors (Lipinski definition) is 6. The molecule has 8 nitrogen and oxygen atoms in total. The minimum atomic E-state index is -4.61. The van der Waals surface area contributed by atoms with Gasteiger partial charge in [-0.1, -0.05) is 13.8 Å². The number of pyridine rings is 1. The number of nitrogens with one attached hydrogen (secondary N) is 2. The summed E-state index contributed by atoms with van der Waals surface area (Å²) in [5.74, 6) is 0.319. The predicted molar refractivity (Wildman–Crippen MR) is 136 cm³/mol. The maximum atomic E-state index is 14.2. The summed E-state index contributed by atoms with van der Waals surface area (Å²) < 4.78 is 60.9. The van der Waals surface area contributed by atoms with Crippen LogP contribution in [0.25, 0.3) is 11.0 Å². The van der Waals surface area contributed by atoms with Crippen LogP contribution in [0.4, 0.5) is 35.0 Å². The van der Waals surface area contributed by atoms with E-state index in [1.165, 1.54) is 6.20 Å². The van der Waals surface area contributed by atoms with Crippen molar-refractivity contribution in [3.8, 4) is 11.5 Å². The highest BCUT2D eigenvalue weighted by Gasteiger charge is 2.31. The molecule has 1 amide bonds. The molecule has 0 spiro atoms. The maximum absolute atomic E-state index is 14.2. The van der Waals surface area contributed by atoms with E-state index in [9.17, 15) is 22.4 Å². The van der Waals surface area contributed by atoms with E-state index in [2.05, 4.69) is 20.6 Å². The van der Waals surface area contributed by atoms with E-state index in [4.69, 9.17) is 4.74 Å². The number of ether oxygens (including phenoxy) is 1. The van der Waals surface area contributed by atoms with Gasteiger partial charge in [-0.3, -0.25) is 9.69 Å². The van der Waals surface area contributed by atoms with Gasteiger partial charge in [0.25, 0.3) is 0 Å². The van der Waals surface area contributed by atoms with Crippen LogP contribution in [0.5, 0.6) is 11.5 Å². The van der Waals surface area contributed by atoms with E-state index in [0.29, 0.717) is 40.5 Å². The largest absolute Gasteiger partial charge is 0.457 e. The van der Waals surface area contributed by atoms with Crippen molar-refractivity contribution >= 4 is 34.4 Å². The number of carbonyl (C=O) groups excluding carboxylic acids is 1. The fraction of sp³-hybridized carbons (Fsp3) is 0.269. The average molecular weight is 531 g/mol. The fourth-order valence-electron chi connectivity index (χ4n) is 3.78. The van der Waals surface area contributed by atoms with Crippen molar-refractivity contribution in [3.63, 3.8) is 0 Å². The summed E-state index contributed by atoms with van der Waals surface area (Å²) in [6.45, 7) is 5.71. The molecule has 0 aliphatic heterocycles. The Morgan fingerprint density at radius 1 is 1.05 bits per heavy atom. The van der Waals surface area contributed by atoms with Crippen LogP contribution in [-0.2, 0) is 18.0 Å². The van der Waals surface area contributed by atoms with E-state index in [1.807, 2.05) is 18.7 Å². The minimum Gasteiger partial charge on any atom is -0.457 e. The molecule has 0 atom stereocenters. The molecule has 2 N–H and O–H groups in total. The van der Waals surface area contributed by atoms with Crippen molar-refractivity contribution in [1.29, 1.82) is 0 Å². The molecule has 0 aliphatic carbocycles. The summed E-state index contributed by atoms with van der Waals surface area (Å²) >= 11 is 0. The number of fused-ring (bicyclic) bond motifs is 1. The first-order valence-electron chi connectivity index (χ1n) is 11.8. The molecular formula is C26H26F4N6O2. The van der Waals surface area contributed by atoms with Gasteiger partial charge in [0.1, 0.15) is 23.1 Å². The van der Waals surface area contributed by atoms with Crippen LogP contribution in [-0.4, -0.2) is 45.0 Å². The Balaban J connectivity index is 1.51. The molecule has 200 valence electrons. The van der Waals surface area contributed by atoms with Crippen molar-refractivity contribution in [2.45, 2.75) is 20.0 Å². The van der Waals surface area contributed by atoms with Gasteiger partial charge in [0.2, 0.25) is 11.9 Å². The molecule has 2 heterocycles. The summed E-state index contributed by atoms with van der Waals surface area (Å²) in [5, 5.41) is 5.39. The lowest BCUT2D eigenvalue weighted by atomic mass is 10.2. The van der Waals surface area contributed by atoms with Crippen LogP contribution in [0.3, 0.4) is 0 Å². The molecule has 2 aromatic carbocycles. The average Bonchev–Trinajstić information content (AvgIpc) is 3.17. The fourth-order valence-corrected chi connectivity index (χ4v) is 3.78. The lowest BCUT2D eigenvalue weighted by molar-refractivity contribution is -0.137. The smallest absolute Gasteiger partial charge is 0.416 e. The third-order valence-electron chi connectivity index (χ3n) is 5.89. The minimum absolute atomic E-state index is 0.150. The third kappa shape index (κ3) is 6.20. The molecule has 4 rings (SSSR count). The SMILES string of the molecule is CCN(CC)CC(=O)Nc1cc(Oc2ccc3c(c2)nc(Nc2cc(C(F)(F)F)ccc2F)n3C)ccn1. The molecule has 0 saturated heterocycles. The van der Waals surface area contributed by atoms with Gasteiger partial charge in [-0.15, -0.1) is 0 Å². The number of aromatic nitrogens is 3. The van der Waals surface area contributed by atoms with E-state index >= 15 is 0 Å². The van der Waals surface area contributed by atoms with Gasteiger partial charge in [0.05, 0.1) is 28.8 Å². The highest BCUT2D eigenvalue weighted by molar-refractivity contribution is 5.91. The Morgan fingerprint density at radius 2 is 1.79 bits per heavy atom. The summed E-state index contributed by atoms with van der Waals surface area (Å²) in [6, 6.07) is 10.4. The summed E-state index contributed by atoms with van der Waals surface area (Å²) in [7, 11) is 1.65.